The highest BCUT2D eigenvalue weighted by Crippen LogP contribution is 2.39. The van der Waals surface area contributed by atoms with Crippen molar-refractivity contribution in [2.45, 2.75) is 31.7 Å². The van der Waals surface area contributed by atoms with Gasteiger partial charge in [0.25, 0.3) is 0 Å². The molecule has 1 saturated heterocycles. The zero-order valence-corrected chi connectivity index (χ0v) is 10.1. The Labute approximate surface area is 94.0 Å². The third-order valence-electron chi connectivity index (χ3n) is 3.08. The zero-order chi connectivity index (χ0) is 10.0. The molecule has 1 fully saturated rings. The van der Waals surface area contributed by atoms with Crippen LogP contribution >= 0.6 is 15.9 Å². The fourth-order valence-electron chi connectivity index (χ4n) is 2.28. The number of hydrogen-bond donors (Lipinski definition) is 1. The van der Waals surface area contributed by atoms with Gasteiger partial charge in [0.2, 0.25) is 0 Å². The Balaban J connectivity index is 2.32. The molecule has 1 heterocycles. The van der Waals surface area contributed by atoms with Crippen molar-refractivity contribution in [2.24, 2.45) is 0 Å². The van der Waals surface area contributed by atoms with Gasteiger partial charge in [-0.15, -0.1) is 0 Å². The summed E-state index contributed by atoms with van der Waals surface area (Å²) in [5, 5.41) is 3.59. The summed E-state index contributed by atoms with van der Waals surface area (Å²) >= 11 is 3.64. The first-order valence-electron chi connectivity index (χ1n) is 5.28. The lowest BCUT2D eigenvalue weighted by atomic mass is 9.77. The lowest BCUT2D eigenvalue weighted by Crippen LogP contribution is -2.54. The Morgan fingerprint density at radius 1 is 1.43 bits per heavy atom. The summed E-state index contributed by atoms with van der Waals surface area (Å²) in [5.41, 5.74) is 1.68. The van der Waals surface area contributed by atoms with Crippen LogP contribution < -0.4 is 5.32 Å². The maximum atomic E-state index is 3.64. The maximum Gasteiger partial charge on any atom is 0.0457 e. The standard InChI is InChI=1S/C12H16BrN/c1-2-7-12(8-9-14-12)10-5-3-4-6-11(10)13/h3-6,14H,2,7-9H2,1H3. The van der Waals surface area contributed by atoms with E-state index < -0.39 is 0 Å². The van der Waals surface area contributed by atoms with Gasteiger partial charge in [0.05, 0.1) is 0 Å². The quantitative estimate of drug-likeness (QED) is 0.871. The maximum absolute atomic E-state index is 3.64. The van der Waals surface area contributed by atoms with Gasteiger partial charge < -0.3 is 5.32 Å². The second-order valence-corrected chi connectivity index (χ2v) is 4.84. The molecular weight excluding hydrogens is 238 g/mol. The van der Waals surface area contributed by atoms with Gasteiger partial charge in [-0.1, -0.05) is 47.5 Å². The van der Waals surface area contributed by atoms with Crippen LogP contribution in [0.5, 0.6) is 0 Å². The third-order valence-corrected chi connectivity index (χ3v) is 3.77. The third kappa shape index (κ3) is 1.61. The molecule has 1 aromatic carbocycles. The van der Waals surface area contributed by atoms with Gasteiger partial charge in [0.1, 0.15) is 0 Å². The summed E-state index contributed by atoms with van der Waals surface area (Å²) in [6.45, 7) is 3.40. The molecule has 1 nitrogen and oxygen atoms in total. The average Bonchev–Trinajstić information content (AvgIpc) is 2.13. The highest BCUT2D eigenvalue weighted by Gasteiger charge is 2.38. The fraction of sp³-hybridized carbons (Fsp3) is 0.500. The van der Waals surface area contributed by atoms with E-state index in [2.05, 4.69) is 52.4 Å². The Hall–Kier alpha value is -0.340. The number of rotatable bonds is 3. The molecule has 0 spiro atoms. The van der Waals surface area contributed by atoms with Crippen molar-refractivity contribution in [2.75, 3.05) is 6.54 Å². The monoisotopic (exact) mass is 253 g/mol. The number of hydrogen-bond acceptors (Lipinski definition) is 1. The van der Waals surface area contributed by atoms with E-state index in [1.807, 2.05) is 0 Å². The lowest BCUT2D eigenvalue weighted by molar-refractivity contribution is 0.190. The Morgan fingerprint density at radius 2 is 2.14 bits per heavy atom. The van der Waals surface area contributed by atoms with Crippen molar-refractivity contribution in [1.29, 1.82) is 0 Å². The van der Waals surface area contributed by atoms with Crippen LogP contribution in [0.1, 0.15) is 31.7 Å². The molecule has 1 aliphatic rings. The van der Waals surface area contributed by atoms with E-state index in [1.54, 1.807) is 0 Å². The van der Waals surface area contributed by atoms with Crippen LogP contribution in [0.3, 0.4) is 0 Å². The van der Waals surface area contributed by atoms with Crippen molar-refractivity contribution in [3.63, 3.8) is 0 Å². The lowest BCUT2D eigenvalue weighted by Gasteiger charge is -2.44. The molecule has 0 bridgehead atoms. The normalized spacial score (nSPS) is 25.9. The fourth-order valence-corrected chi connectivity index (χ4v) is 2.95. The largest absolute Gasteiger partial charge is 0.307 e. The van der Waals surface area contributed by atoms with E-state index in [1.165, 1.54) is 29.3 Å². The van der Waals surface area contributed by atoms with Gasteiger partial charge >= 0.3 is 0 Å². The Kier molecular flexibility index (Phi) is 2.93. The van der Waals surface area contributed by atoms with Gasteiger partial charge in [-0.05, 0) is 31.0 Å². The topological polar surface area (TPSA) is 12.0 Å². The van der Waals surface area contributed by atoms with Gasteiger partial charge in [-0.25, -0.2) is 0 Å². The molecule has 0 aliphatic carbocycles. The first-order chi connectivity index (χ1) is 6.78. The summed E-state index contributed by atoms with van der Waals surface area (Å²) in [6, 6.07) is 8.56. The summed E-state index contributed by atoms with van der Waals surface area (Å²) < 4.78 is 1.24. The Bertz CT molecular complexity index is 318. The van der Waals surface area contributed by atoms with E-state index in [4.69, 9.17) is 0 Å². The molecule has 1 aliphatic heterocycles. The second-order valence-electron chi connectivity index (χ2n) is 3.99. The molecule has 0 aromatic heterocycles. The minimum atomic E-state index is 0.259. The molecule has 1 aromatic rings. The van der Waals surface area contributed by atoms with Crippen molar-refractivity contribution < 1.29 is 0 Å². The molecule has 1 N–H and O–H groups in total. The summed E-state index contributed by atoms with van der Waals surface area (Å²) in [5.74, 6) is 0. The van der Waals surface area contributed by atoms with Crippen molar-refractivity contribution in [3.05, 3.63) is 34.3 Å². The van der Waals surface area contributed by atoms with Gasteiger partial charge in [-0.2, -0.15) is 0 Å². The van der Waals surface area contributed by atoms with E-state index in [0.717, 1.165) is 6.54 Å². The average molecular weight is 254 g/mol. The molecule has 0 amide bonds. The molecule has 76 valence electrons. The summed E-state index contributed by atoms with van der Waals surface area (Å²) in [6.07, 6.45) is 3.73. The minimum absolute atomic E-state index is 0.259. The van der Waals surface area contributed by atoms with Gasteiger partial charge in [-0.3, -0.25) is 0 Å². The zero-order valence-electron chi connectivity index (χ0n) is 8.52. The first kappa shape index (κ1) is 10.2. The molecule has 1 atom stereocenters. The molecule has 2 heteroatoms. The van der Waals surface area contributed by atoms with Crippen molar-refractivity contribution in [1.82, 2.24) is 5.32 Å². The molecule has 0 saturated carbocycles. The van der Waals surface area contributed by atoms with Crippen LogP contribution in [0.4, 0.5) is 0 Å². The Morgan fingerprint density at radius 3 is 2.64 bits per heavy atom. The van der Waals surface area contributed by atoms with Crippen LogP contribution in [0, 0.1) is 0 Å². The van der Waals surface area contributed by atoms with E-state index in [9.17, 15) is 0 Å². The van der Waals surface area contributed by atoms with E-state index in [-0.39, 0.29) is 5.54 Å². The van der Waals surface area contributed by atoms with Crippen LogP contribution in [0.2, 0.25) is 0 Å². The van der Waals surface area contributed by atoms with Crippen LogP contribution in [0.25, 0.3) is 0 Å². The number of nitrogens with one attached hydrogen (secondary N) is 1. The van der Waals surface area contributed by atoms with E-state index in [0.29, 0.717) is 0 Å². The van der Waals surface area contributed by atoms with Crippen LogP contribution in [-0.4, -0.2) is 6.54 Å². The first-order valence-corrected chi connectivity index (χ1v) is 6.08. The number of halogens is 1. The molecular formula is C12H16BrN. The predicted octanol–water partition coefficient (Wildman–Crippen LogP) is 3.44. The predicted molar refractivity (Wildman–Crippen MR) is 63.3 cm³/mol. The van der Waals surface area contributed by atoms with Crippen molar-refractivity contribution in [3.8, 4) is 0 Å². The highest BCUT2D eigenvalue weighted by atomic mass is 79.9. The molecule has 1 unspecified atom stereocenters. The minimum Gasteiger partial charge on any atom is -0.307 e. The SMILES string of the molecule is CCCC1(c2ccccc2Br)CCN1. The number of benzene rings is 1. The van der Waals surface area contributed by atoms with Crippen molar-refractivity contribution >= 4 is 15.9 Å². The van der Waals surface area contributed by atoms with Crippen LogP contribution in [0.15, 0.2) is 28.7 Å². The van der Waals surface area contributed by atoms with Crippen LogP contribution in [-0.2, 0) is 5.54 Å². The molecule has 0 radical (unpaired) electrons. The highest BCUT2D eigenvalue weighted by molar-refractivity contribution is 9.10. The van der Waals surface area contributed by atoms with Gasteiger partial charge in [0, 0.05) is 10.0 Å². The van der Waals surface area contributed by atoms with Gasteiger partial charge in [0.15, 0.2) is 0 Å². The summed E-state index contributed by atoms with van der Waals surface area (Å²) in [4.78, 5) is 0. The smallest absolute Gasteiger partial charge is 0.0457 e. The molecule has 14 heavy (non-hydrogen) atoms. The molecule has 2 rings (SSSR count). The second kappa shape index (κ2) is 4.03. The summed E-state index contributed by atoms with van der Waals surface area (Å²) in [7, 11) is 0. The van der Waals surface area contributed by atoms with E-state index >= 15 is 0 Å².